The van der Waals surface area contributed by atoms with E-state index in [1.165, 1.54) is 30.3 Å². The van der Waals surface area contributed by atoms with Crippen LogP contribution in [0, 0.1) is 22.9 Å². The van der Waals surface area contributed by atoms with Crippen molar-refractivity contribution < 1.29 is 14.1 Å². The molecule has 0 heterocycles. The smallest absolute Gasteiger partial charge is 0.271 e. The predicted octanol–water partition coefficient (Wildman–Crippen LogP) is 4.06. The minimum absolute atomic E-state index is 0.126. The van der Waals surface area contributed by atoms with Crippen LogP contribution in [0.4, 0.5) is 15.8 Å². The number of nitro groups is 1. The van der Waals surface area contributed by atoms with Gasteiger partial charge in [0.2, 0.25) is 0 Å². The average molecular weight is 353 g/mol. The number of nitrogens with zero attached hydrogens (tertiary/aromatic N) is 1. The van der Waals surface area contributed by atoms with E-state index >= 15 is 0 Å². The molecular weight excluding hydrogens is 343 g/mol. The summed E-state index contributed by atoms with van der Waals surface area (Å²) in [6.45, 7) is 1.71. The van der Waals surface area contributed by atoms with E-state index in [9.17, 15) is 19.3 Å². The van der Waals surface area contributed by atoms with E-state index in [4.69, 9.17) is 0 Å². The second-order valence-electron chi connectivity index (χ2n) is 4.36. The number of amides is 1. The molecule has 0 aromatic heterocycles. The van der Waals surface area contributed by atoms with E-state index in [1.807, 2.05) is 0 Å². The van der Waals surface area contributed by atoms with Crippen molar-refractivity contribution in [1.82, 2.24) is 0 Å². The molecule has 21 heavy (non-hydrogen) atoms. The number of rotatable bonds is 3. The van der Waals surface area contributed by atoms with Crippen molar-refractivity contribution in [2.45, 2.75) is 6.92 Å². The van der Waals surface area contributed by atoms with Gasteiger partial charge in [0.05, 0.1) is 16.2 Å². The molecular formula is C14H10BrFN2O3. The number of aryl methyl sites for hydroxylation is 1. The van der Waals surface area contributed by atoms with Gasteiger partial charge < -0.3 is 5.32 Å². The summed E-state index contributed by atoms with van der Waals surface area (Å²) in [7, 11) is 0. The molecule has 0 saturated carbocycles. The Bertz CT molecular complexity index is 734. The fraction of sp³-hybridized carbons (Fsp3) is 0.0714. The number of non-ortho nitro benzene ring substituents is 1. The molecule has 0 spiro atoms. The van der Waals surface area contributed by atoms with Crippen molar-refractivity contribution in [2.75, 3.05) is 5.32 Å². The number of nitrogens with one attached hydrogen (secondary N) is 1. The normalized spacial score (nSPS) is 10.2. The van der Waals surface area contributed by atoms with Crippen molar-refractivity contribution >= 4 is 33.2 Å². The highest BCUT2D eigenvalue weighted by Gasteiger charge is 2.15. The summed E-state index contributed by atoms with van der Waals surface area (Å²) in [5.41, 5.74) is 0.603. The first kappa shape index (κ1) is 15.1. The Labute approximate surface area is 128 Å². The second-order valence-corrected chi connectivity index (χ2v) is 5.21. The van der Waals surface area contributed by atoms with Gasteiger partial charge in [0.15, 0.2) is 0 Å². The largest absolute Gasteiger partial charge is 0.321 e. The highest BCUT2D eigenvalue weighted by molar-refractivity contribution is 9.10. The first-order valence-corrected chi connectivity index (χ1v) is 6.69. The Kier molecular flexibility index (Phi) is 4.32. The first-order chi connectivity index (χ1) is 9.88. The van der Waals surface area contributed by atoms with Gasteiger partial charge in [-0.1, -0.05) is 6.07 Å². The maximum absolute atomic E-state index is 13.7. The lowest BCUT2D eigenvalue weighted by molar-refractivity contribution is -0.384. The van der Waals surface area contributed by atoms with E-state index in [1.54, 1.807) is 13.0 Å². The van der Waals surface area contributed by atoms with Crippen molar-refractivity contribution in [3.63, 3.8) is 0 Å². The van der Waals surface area contributed by atoms with Gasteiger partial charge >= 0.3 is 0 Å². The van der Waals surface area contributed by atoms with Gasteiger partial charge in [-0.15, -0.1) is 0 Å². The molecule has 2 aromatic rings. The van der Waals surface area contributed by atoms with Crippen LogP contribution < -0.4 is 5.32 Å². The zero-order valence-electron chi connectivity index (χ0n) is 10.9. The number of benzene rings is 2. The van der Waals surface area contributed by atoms with Gasteiger partial charge in [0, 0.05) is 16.6 Å². The minimum atomic E-state index is -0.673. The lowest BCUT2D eigenvalue weighted by Gasteiger charge is -2.08. The molecule has 0 aliphatic carbocycles. The Morgan fingerprint density at radius 2 is 2.00 bits per heavy atom. The first-order valence-electron chi connectivity index (χ1n) is 5.90. The molecule has 1 amide bonds. The van der Waals surface area contributed by atoms with E-state index in [0.29, 0.717) is 10.0 Å². The molecule has 0 saturated heterocycles. The molecule has 2 rings (SSSR count). The third-order valence-electron chi connectivity index (χ3n) is 2.78. The maximum Gasteiger partial charge on any atom is 0.271 e. The number of hydrogen-bond donors (Lipinski definition) is 1. The zero-order chi connectivity index (χ0) is 15.6. The van der Waals surface area contributed by atoms with Gasteiger partial charge in [-0.2, -0.15) is 0 Å². The Morgan fingerprint density at radius 3 is 2.62 bits per heavy atom. The highest BCUT2D eigenvalue weighted by atomic mass is 79.9. The molecule has 108 valence electrons. The lowest BCUT2D eigenvalue weighted by atomic mass is 10.1. The SMILES string of the molecule is Cc1ccc(C(=O)Nc2cc([N+](=O)[O-])ccc2Br)c(F)c1. The molecule has 0 aliphatic rings. The van der Waals surface area contributed by atoms with Crippen LogP contribution in [0.3, 0.4) is 0 Å². The Morgan fingerprint density at radius 1 is 1.29 bits per heavy atom. The van der Waals surface area contributed by atoms with E-state index in [2.05, 4.69) is 21.2 Å². The summed E-state index contributed by atoms with van der Waals surface area (Å²) in [6.07, 6.45) is 0. The molecule has 0 atom stereocenters. The number of anilines is 1. The molecule has 0 aliphatic heterocycles. The third-order valence-corrected chi connectivity index (χ3v) is 3.47. The Balaban J connectivity index is 2.31. The van der Waals surface area contributed by atoms with Crippen molar-refractivity contribution in [3.05, 3.63) is 67.9 Å². The summed E-state index contributed by atoms with van der Waals surface area (Å²) >= 11 is 3.18. The van der Waals surface area contributed by atoms with E-state index in [0.717, 1.165) is 0 Å². The highest BCUT2D eigenvalue weighted by Crippen LogP contribution is 2.27. The van der Waals surface area contributed by atoms with Crippen molar-refractivity contribution in [2.24, 2.45) is 0 Å². The monoisotopic (exact) mass is 352 g/mol. The molecule has 5 nitrogen and oxygen atoms in total. The summed E-state index contributed by atoms with van der Waals surface area (Å²) in [5, 5.41) is 13.2. The van der Waals surface area contributed by atoms with Crippen LogP contribution in [0.15, 0.2) is 40.9 Å². The van der Waals surface area contributed by atoms with Crippen molar-refractivity contribution in [3.8, 4) is 0 Å². The van der Waals surface area contributed by atoms with Crippen LogP contribution in [-0.2, 0) is 0 Å². The topological polar surface area (TPSA) is 72.2 Å². The third kappa shape index (κ3) is 3.43. The number of halogens is 2. The molecule has 0 unspecified atom stereocenters. The van der Waals surface area contributed by atoms with Gasteiger partial charge in [0.1, 0.15) is 5.82 Å². The predicted molar refractivity (Wildman–Crippen MR) is 79.9 cm³/mol. The van der Waals surface area contributed by atoms with Crippen LogP contribution in [0.5, 0.6) is 0 Å². The van der Waals surface area contributed by atoms with Gasteiger partial charge in [-0.3, -0.25) is 14.9 Å². The molecule has 0 radical (unpaired) electrons. The molecule has 2 aromatic carbocycles. The fourth-order valence-corrected chi connectivity index (χ4v) is 2.06. The van der Waals surface area contributed by atoms with Crippen LogP contribution in [-0.4, -0.2) is 10.8 Å². The van der Waals surface area contributed by atoms with E-state index in [-0.39, 0.29) is 16.9 Å². The number of nitro benzene ring substituents is 1. The Hall–Kier alpha value is -2.28. The standard InChI is InChI=1S/C14H10BrFN2O3/c1-8-2-4-10(12(16)6-8)14(19)17-13-7-9(18(20)21)3-5-11(13)15/h2-7H,1H3,(H,17,19). The maximum atomic E-state index is 13.7. The van der Waals surface area contributed by atoms with Gasteiger partial charge in [-0.25, -0.2) is 4.39 Å². The molecule has 0 fully saturated rings. The summed E-state index contributed by atoms with van der Waals surface area (Å²) < 4.78 is 14.2. The van der Waals surface area contributed by atoms with Gasteiger partial charge in [-0.05, 0) is 46.6 Å². The van der Waals surface area contributed by atoms with E-state index < -0.39 is 16.6 Å². The quantitative estimate of drug-likeness (QED) is 0.668. The summed E-state index contributed by atoms with van der Waals surface area (Å²) in [5.74, 6) is -1.32. The number of carbonyl (C=O) groups excluding carboxylic acids is 1. The number of carbonyl (C=O) groups is 1. The van der Waals surface area contributed by atoms with Crippen LogP contribution in [0.1, 0.15) is 15.9 Å². The zero-order valence-corrected chi connectivity index (χ0v) is 12.5. The van der Waals surface area contributed by atoms with Crippen molar-refractivity contribution in [1.29, 1.82) is 0 Å². The summed E-state index contributed by atoms with van der Waals surface area (Å²) in [4.78, 5) is 22.2. The average Bonchev–Trinajstić information content (AvgIpc) is 2.40. The van der Waals surface area contributed by atoms with Crippen LogP contribution >= 0.6 is 15.9 Å². The van der Waals surface area contributed by atoms with Gasteiger partial charge in [0.25, 0.3) is 11.6 Å². The lowest BCUT2D eigenvalue weighted by Crippen LogP contribution is -2.14. The molecule has 7 heteroatoms. The van der Waals surface area contributed by atoms with Crippen LogP contribution in [0.25, 0.3) is 0 Å². The molecule has 1 N–H and O–H groups in total. The minimum Gasteiger partial charge on any atom is -0.321 e. The number of hydrogen-bond acceptors (Lipinski definition) is 3. The van der Waals surface area contributed by atoms with Crippen LogP contribution in [0.2, 0.25) is 0 Å². The summed E-state index contributed by atoms with van der Waals surface area (Å²) in [6, 6.07) is 8.17. The molecule has 0 bridgehead atoms. The second kappa shape index (κ2) is 6.01. The fourth-order valence-electron chi connectivity index (χ4n) is 1.72.